The summed E-state index contributed by atoms with van der Waals surface area (Å²) in [5.74, 6) is -0.487. The topological polar surface area (TPSA) is 82.3 Å². The number of benzene rings is 1. The normalized spacial score (nSPS) is 15.4. The van der Waals surface area contributed by atoms with Gasteiger partial charge >= 0.3 is 0 Å². The number of aromatic amines is 1. The molecule has 1 saturated heterocycles. The molecule has 0 bridgehead atoms. The van der Waals surface area contributed by atoms with Gasteiger partial charge < -0.3 is 15.2 Å². The molecule has 2 N–H and O–H groups in total. The van der Waals surface area contributed by atoms with E-state index in [4.69, 9.17) is 0 Å². The van der Waals surface area contributed by atoms with Gasteiger partial charge in [-0.05, 0) is 30.9 Å². The first kappa shape index (κ1) is 17.0. The Bertz CT molecular complexity index is 775. The van der Waals surface area contributed by atoms with Crippen LogP contribution in [0.25, 0.3) is 0 Å². The van der Waals surface area contributed by atoms with Crippen LogP contribution in [0.4, 0.5) is 0 Å². The molecule has 0 radical (unpaired) electrons. The quantitative estimate of drug-likeness (QED) is 0.892. The molecule has 0 aliphatic carbocycles. The number of hydrogen-bond acceptors (Lipinski definition) is 3. The van der Waals surface area contributed by atoms with E-state index in [2.05, 4.69) is 10.3 Å². The van der Waals surface area contributed by atoms with Gasteiger partial charge in [-0.15, -0.1) is 0 Å². The van der Waals surface area contributed by atoms with Crippen molar-refractivity contribution in [2.24, 2.45) is 0 Å². The van der Waals surface area contributed by atoms with Gasteiger partial charge in [0.2, 0.25) is 11.5 Å². The third kappa shape index (κ3) is 4.15. The van der Waals surface area contributed by atoms with E-state index in [1.165, 1.54) is 18.3 Å². The fraction of sp³-hybridized carbons (Fsp3) is 0.316. The van der Waals surface area contributed by atoms with Crippen molar-refractivity contribution in [3.8, 4) is 0 Å². The Labute approximate surface area is 145 Å². The van der Waals surface area contributed by atoms with E-state index in [-0.39, 0.29) is 11.5 Å². The fourth-order valence-electron chi connectivity index (χ4n) is 3.00. The molecule has 1 atom stereocenters. The highest BCUT2D eigenvalue weighted by molar-refractivity contribution is 5.97. The number of likely N-dealkylation sites (tertiary alicyclic amines) is 1. The van der Waals surface area contributed by atoms with Crippen LogP contribution in [0, 0.1) is 0 Å². The predicted molar refractivity (Wildman–Crippen MR) is 94.1 cm³/mol. The number of aromatic nitrogens is 1. The summed E-state index contributed by atoms with van der Waals surface area (Å²) in [6.45, 7) is 1.44. The van der Waals surface area contributed by atoms with Crippen LogP contribution >= 0.6 is 0 Å². The van der Waals surface area contributed by atoms with E-state index in [0.29, 0.717) is 5.56 Å². The molecule has 2 aromatic rings. The van der Waals surface area contributed by atoms with Crippen molar-refractivity contribution in [3.05, 3.63) is 70.1 Å². The minimum Gasteiger partial charge on any atom is -0.341 e. The van der Waals surface area contributed by atoms with E-state index in [0.717, 1.165) is 37.9 Å². The van der Waals surface area contributed by atoms with Crippen molar-refractivity contribution in [3.63, 3.8) is 0 Å². The number of hydrogen-bond donors (Lipinski definition) is 2. The first-order chi connectivity index (χ1) is 12.1. The highest BCUT2D eigenvalue weighted by Crippen LogP contribution is 2.19. The van der Waals surface area contributed by atoms with Crippen molar-refractivity contribution >= 4 is 11.8 Å². The van der Waals surface area contributed by atoms with Gasteiger partial charge in [0.25, 0.3) is 5.91 Å². The third-order valence-corrected chi connectivity index (χ3v) is 4.37. The summed E-state index contributed by atoms with van der Waals surface area (Å²) in [4.78, 5) is 40.9. The van der Waals surface area contributed by atoms with Crippen LogP contribution in [0.2, 0.25) is 0 Å². The smallest absolute Gasteiger partial charge is 0.253 e. The molecule has 25 heavy (non-hydrogen) atoms. The first-order valence-electron chi connectivity index (χ1n) is 8.48. The van der Waals surface area contributed by atoms with Crippen molar-refractivity contribution in [2.75, 3.05) is 13.1 Å². The molecule has 3 rings (SSSR count). The molecule has 1 aliphatic heterocycles. The van der Waals surface area contributed by atoms with E-state index in [1.807, 2.05) is 35.2 Å². The molecule has 130 valence electrons. The Morgan fingerprint density at radius 2 is 1.72 bits per heavy atom. The molecule has 1 aliphatic rings. The molecular formula is C19H21N3O3. The van der Waals surface area contributed by atoms with Crippen molar-refractivity contribution in [1.82, 2.24) is 15.2 Å². The second-order valence-corrected chi connectivity index (χ2v) is 6.14. The number of carbonyl (C=O) groups excluding carboxylic acids is 2. The zero-order valence-corrected chi connectivity index (χ0v) is 13.9. The zero-order chi connectivity index (χ0) is 17.6. The first-order valence-corrected chi connectivity index (χ1v) is 8.48. The summed E-state index contributed by atoms with van der Waals surface area (Å²) in [5.41, 5.74) is 0.781. The minimum absolute atomic E-state index is 0.0938. The highest BCUT2D eigenvalue weighted by atomic mass is 16.2. The average Bonchev–Trinajstić information content (AvgIpc) is 2.67. The van der Waals surface area contributed by atoms with Crippen LogP contribution in [0.15, 0.2) is 53.5 Å². The second-order valence-electron chi connectivity index (χ2n) is 6.14. The maximum atomic E-state index is 13.0. The summed E-state index contributed by atoms with van der Waals surface area (Å²) in [6.07, 6.45) is 4.46. The largest absolute Gasteiger partial charge is 0.341 e. The summed E-state index contributed by atoms with van der Waals surface area (Å²) in [6, 6.07) is 11.2. The molecule has 2 amide bonds. The van der Waals surface area contributed by atoms with Crippen LogP contribution in [0.3, 0.4) is 0 Å². The standard InChI is InChI=1S/C19H21N3O3/c23-16-10-9-15(13-20-16)18(24)21-17(14-7-3-1-4-8-14)19(25)22-11-5-2-6-12-22/h1,3-4,7-10,13,17H,2,5-6,11-12H2,(H,20,23)(H,21,24). The van der Waals surface area contributed by atoms with Crippen LogP contribution in [-0.2, 0) is 4.79 Å². The number of H-pyrrole nitrogens is 1. The number of nitrogens with one attached hydrogen (secondary N) is 2. The second kappa shape index (κ2) is 7.79. The average molecular weight is 339 g/mol. The molecule has 0 saturated carbocycles. The molecule has 1 unspecified atom stereocenters. The minimum atomic E-state index is -0.737. The summed E-state index contributed by atoms with van der Waals surface area (Å²) >= 11 is 0. The van der Waals surface area contributed by atoms with E-state index in [1.54, 1.807) is 0 Å². The molecule has 6 heteroatoms. The Kier molecular flexibility index (Phi) is 5.28. The number of rotatable bonds is 4. The number of nitrogens with zero attached hydrogens (tertiary/aromatic N) is 1. The van der Waals surface area contributed by atoms with E-state index in [9.17, 15) is 14.4 Å². The van der Waals surface area contributed by atoms with Crippen LogP contribution in [-0.4, -0.2) is 34.8 Å². The fourth-order valence-corrected chi connectivity index (χ4v) is 3.00. The van der Waals surface area contributed by atoms with Gasteiger partial charge in [0.1, 0.15) is 6.04 Å². The Balaban J connectivity index is 1.83. The monoisotopic (exact) mass is 339 g/mol. The Morgan fingerprint density at radius 3 is 2.36 bits per heavy atom. The van der Waals surface area contributed by atoms with Crippen molar-refractivity contribution in [1.29, 1.82) is 0 Å². The highest BCUT2D eigenvalue weighted by Gasteiger charge is 2.28. The molecule has 1 fully saturated rings. The summed E-state index contributed by atoms with van der Waals surface area (Å²) < 4.78 is 0. The van der Waals surface area contributed by atoms with E-state index >= 15 is 0 Å². The number of pyridine rings is 1. The van der Waals surface area contributed by atoms with Crippen molar-refractivity contribution < 1.29 is 9.59 Å². The lowest BCUT2D eigenvalue weighted by molar-refractivity contribution is -0.134. The van der Waals surface area contributed by atoms with Crippen molar-refractivity contribution in [2.45, 2.75) is 25.3 Å². The molecule has 6 nitrogen and oxygen atoms in total. The number of piperidine rings is 1. The van der Waals surface area contributed by atoms with Gasteiger partial charge in [0.15, 0.2) is 0 Å². The van der Waals surface area contributed by atoms with Crippen LogP contribution < -0.4 is 10.9 Å². The van der Waals surface area contributed by atoms with Gasteiger partial charge in [-0.25, -0.2) is 0 Å². The molecule has 0 spiro atoms. The molecule has 1 aromatic heterocycles. The molecule has 2 heterocycles. The lowest BCUT2D eigenvalue weighted by Gasteiger charge is -2.31. The summed E-state index contributed by atoms with van der Waals surface area (Å²) in [5, 5.41) is 2.81. The van der Waals surface area contributed by atoms with E-state index < -0.39 is 11.9 Å². The maximum Gasteiger partial charge on any atom is 0.253 e. The third-order valence-electron chi connectivity index (χ3n) is 4.37. The van der Waals surface area contributed by atoms with Gasteiger partial charge in [0.05, 0.1) is 5.56 Å². The van der Waals surface area contributed by atoms with Crippen LogP contribution in [0.1, 0.15) is 41.2 Å². The number of carbonyl (C=O) groups is 2. The SMILES string of the molecule is O=C(NC(C(=O)N1CCCCC1)c1ccccc1)c1ccc(=O)[nH]c1. The Morgan fingerprint density at radius 1 is 1.00 bits per heavy atom. The van der Waals surface area contributed by atoms with Gasteiger partial charge in [-0.3, -0.25) is 14.4 Å². The van der Waals surface area contributed by atoms with Crippen LogP contribution in [0.5, 0.6) is 0 Å². The molecular weight excluding hydrogens is 318 g/mol. The van der Waals surface area contributed by atoms with Gasteiger partial charge in [0, 0.05) is 25.4 Å². The maximum absolute atomic E-state index is 13.0. The lowest BCUT2D eigenvalue weighted by atomic mass is 10.0. The summed E-state index contributed by atoms with van der Waals surface area (Å²) in [7, 11) is 0. The molecule has 1 aromatic carbocycles. The zero-order valence-electron chi connectivity index (χ0n) is 13.9. The number of amides is 2. The van der Waals surface area contributed by atoms with Gasteiger partial charge in [-0.1, -0.05) is 30.3 Å². The lowest BCUT2D eigenvalue weighted by Crippen LogP contribution is -2.45. The Hall–Kier alpha value is -2.89. The predicted octanol–water partition coefficient (Wildman–Crippen LogP) is 1.86. The van der Waals surface area contributed by atoms with Gasteiger partial charge in [-0.2, -0.15) is 0 Å².